The maximum absolute atomic E-state index is 11.2. The number of benzene rings is 2. The van der Waals surface area contributed by atoms with Crippen LogP contribution in [0.5, 0.6) is 17.4 Å². The van der Waals surface area contributed by atoms with Gasteiger partial charge in [-0.05, 0) is 66.5 Å². The van der Waals surface area contributed by atoms with E-state index in [0.717, 1.165) is 56.7 Å². The van der Waals surface area contributed by atoms with Gasteiger partial charge in [0.2, 0.25) is 12.7 Å². The maximum Gasteiger partial charge on any atom is 0.231 e. The van der Waals surface area contributed by atoms with Crippen LogP contribution in [0, 0.1) is 4.77 Å². The number of hydrogen-bond donors (Lipinski definition) is 2. The molecule has 0 radical (unpaired) electrons. The lowest BCUT2D eigenvalue weighted by Gasteiger charge is -2.27. The number of H-pyrrole nitrogens is 1. The Hall–Kier alpha value is -2.71. The number of ether oxygens (including phenoxy) is 2. The molecule has 8 heteroatoms. The standard InChI is InChI=1S/C23H18BrN3O3S/c24-12-2-5-16-14(8-12)15-9-17-22(28)26(13-3-4-13)23(31)27(17)21(20(15)25-16)11-1-6-18-19(7-11)30-10-29-18/h1-2,5-8,13,21,25,28H,3-4,9-10H2. The highest BCUT2D eigenvalue weighted by molar-refractivity contribution is 9.10. The van der Waals surface area contributed by atoms with Crippen molar-refractivity contribution in [3.8, 4) is 17.4 Å². The molecule has 1 unspecified atom stereocenters. The fraction of sp³-hybridized carbons (Fsp3) is 0.261. The molecule has 1 fully saturated rings. The van der Waals surface area contributed by atoms with Crippen molar-refractivity contribution in [2.75, 3.05) is 6.79 Å². The highest BCUT2D eigenvalue weighted by Crippen LogP contribution is 2.48. The van der Waals surface area contributed by atoms with E-state index < -0.39 is 0 Å². The smallest absolute Gasteiger partial charge is 0.231 e. The first-order valence-electron chi connectivity index (χ1n) is 10.3. The summed E-state index contributed by atoms with van der Waals surface area (Å²) in [5.41, 5.74) is 5.28. The summed E-state index contributed by atoms with van der Waals surface area (Å²) in [6, 6.07) is 12.4. The van der Waals surface area contributed by atoms with Gasteiger partial charge in [0, 0.05) is 33.5 Å². The first kappa shape index (κ1) is 17.9. The Morgan fingerprint density at radius 2 is 1.90 bits per heavy atom. The first-order chi connectivity index (χ1) is 15.1. The predicted molar refractivity (Wildman–Crippen MR) is 122 cm³/mol. The summed E-state index contributed by atoms with van der Waals surface area (Å²) >= 11 is 9.52. The summed E-state index contributed by atoms with van der Waals surface area (Å²) in [5.74, 6) is 1.79. The van der Waals surface area contributed by atoms with Crippen LogP contribution >= 0.6 is 28.1 Å². The van der Waals surface area contributed by atoms with Crippen LogP contribution in [-0.2, 0) is 6.42 Å². The van der Waals surface area contributed by atoms with Crippen molar-refractivity contribution < 1.29 is 14.6 Å². The molecule has 2 aliphatic heterocycles. The molecule has 156 valence electrons. The molecule has 2 aromatic carbocycles. The van der Waals surface area contributed by atoms with Gasteiger partial charge in [-0.15, -0.1) is 0 Å². The van der Waals surface area contributed by atoms with Crippen LogP contribution in [0.3, 0.4) is 0 Å². The van der Waals surface area contributed by atoms with Crippen molar-refractivity contribution in [2.45, 2.75) is 31.3 Å². The predicted octanol–water partition coefficient (Wildman–Crippen LogP) is 5.57. The van der Waals surface area contributed by atoms with E-state index in [4.69, 9.17) is 21.7 Å². The fourth-order valence-corrected chi connectivity index (χ4v) is 5.83. The number of aromatic nitrogens is 3. The molecule has 31 heavy (non-hydrogen) atoms. The summed E-state index contributed by atoms with van der Waals surface area (Å²) in [6.45, 7) is 0.235. The molecule has 4 heterocycles. The van der Waals surface area contributed by atoms with Gasteiger partial charge < -0.3 is 24.1 Å². The number of nitrogens with zero attached hydrogens (tertiary/aromatic N) is 2. The minimum atomic E-state index is -0.183. The van der Waals surface area contributed by atoms with Crippen molar-refractivity contribution in [2.24, 2.45) is 0 Å². The van der Waals surface area contributed by atoms with E-state index in [1.54, 1.807) is 0 Å². The van der Waals surface area contributed by atoms with Crippen molar-refractivity contribution in [1.82, 2.24) is 14.1 Å². The van der Waals surface area contributed by atoms with E-state index >= 15 is 0 Å². The summed E-state index contributed by atoms with van der Waals surface area (Å²) in [6.07, 6.45) is 2.74. The van der Waals surface area contributed by atoms with Crippen molar-refractivity contribution >= 4 is 39.1 Å². The van der Waals surface area contributed by atoms with Gasteiger partial charge >= 0.3 is 0 Å². The minimum Gasteiger partial charge on any atom is -0.493 e. The zero-order valence-corrected chi connectivity index (χ0v) is 18.8. The van der Waals surface area contributed by atoms with Gasteiger partial charge in [0.25, 0.3) is 0 Å². The second-order valence-corrected chi connectivity index (χ2v) is 9.70. The normalized spacial score (nSPS) is 18.9. The molecule has 7 rings (SSSR count). The Labute approximate surface area is 191 Å². The van der Waals surface area contributed by atoms with Crippen LogP contribution in [0.25, 0.3) is 10.9 Å². The van der Waals surface area contributed by atoms with E-state index in [1.165, 1.54) is 5.56 Å². The van der Waals surface area contributed by atoms with Crippen LogP contribution in [0.15, 0.2) is 40.9 Å². The van der Waals surface area contributed by atoms with E-state index in [0.29, 0.717) is 23.1 Å². The molecule has 0 amide bonds. The second-order valence-electron chi connectivity index (χ2n) is 8.42. The van der Waals surface area contributed by atoms with E-state index in [9.17, 15) is 5.11 Å². The Morgan fingerprint density at radius 1 is 1.06 bits per heavy atom. The molecule has 3 aliphatic rings. The van der Waals surface area contributed by atoms with Gasteiger partial charge in [0.05, 0.1) is 5.69 Å². The quantitative estimate of drug-likeness (QED) is 0.314. The highest BCUT2D eigenvalue weighted by Gasteiger charge is 2.38. The molecule has 6 nitrogen and oxygen atoms in total. The molecule has 1 atom stereocenters. The van der Waals surface area contributed by atoms with Crippen LogP contribution in [0.2, 0.25) is 0 Å². The van der Waals surface area contributed by atoms with Crippen molar-refractivity contribution in [3.05, 3.63) is 68.2 Å². The van der Waals surface area contributed by atoms with Crippen LogP contribution in [0.1, 0.15) is 47.4 Å². The molecule has 2 N–H and O–H groups in total. The average Bonchev–Trinajstić information content (AvgIpc) is 3.28. The number of aromatic amines is 1. The first-order valence-corrected chi connectivity index (χ1v) is 11.5. The van der Waals surface area contributed by atoms with E-state index in [1.807, 2.05) is 22.8 Å². The van der Waals surface area contributed by atoms with Gasteiger partial charge in [-0.1, -0.05) is 22.0 Å². The van der Waals surface area contributed by atoms with Gasteiger partial charge in [-0.2, -0.15) is 0 Å². The molecule has 4 aromatic rings. The van der Waals surface area contributed by atoms with E-state index in [-0.39, 0.29) is 12.8 Å². The summed E-state index contributed by atoms with van der Waals surface area (Å²) in [7, 11) is 0. The summed E-state index contributed by atoms with van der Waals surface area (Å²) in [5, 5.41) is 12.3. The number of hydrogen-bond acceptors (Lipinski definition) is 4. The van der Waals surface area contributed by atoms with Crippen LogP contribution < -0.4 is 9.47 Å². The Bertz CT molecular complexity index is 1460. The number of aromatic hydroxyl groups is 1. The zero-order chi connectivity index (χ0) is 20.9. The van der Waals surface area contributed by atoms with Crippen molar-refractivity contribution in [3.63, 3.8) is 0 Å². The summed E-state index contributed by atoms with van der Waals surface area (Å²) in [4.78, 5) is 3.65. The van der Waals surface area contributed by atoms with Gasteiger partial charge in [0.15, 0.2) is 16.3 Å². The minimum absolute atomic E-state index is 0.183. The lowest BCUT2D eigenvalue weighted by atomic mass is 9.93. The number of nitrogens with one attached hydrogen (secondary N) is 1. The molecular weight excluding hydrogens is 478 g/mol. The third kappa shape index (κ3) is 2.46. The topological polar surface area (TPSA) is 64.3 Å². The molecule has 2 aromatic heterocycles. The molecular formula is C23H18BrN3O3S. The lowest BCUT2D eigenvalue weighted by Crippen LogP contribution is -2.21. The van der Waals surface area contributed by atoms with Crippen LogP contribution in [0.4, 0.5) is 0 Å². The Morgan fingerprint density at radius 3 is 2.74 bits per heavy atom. The lowest BCUT2D eigenvalue weighted by molar-refractivity contribution is 0.174. The monoisotopic (exact) mass is 495 g/mol. The molecule has 1 saturated carbocycles. The molecule has 0 bridgehead atoms. The zero-order valence-electron chi connectivity index (χ0n) is 16.4. The van der Waals surface area contributed by atoms with E-state index in [2.05, 4.69) is 43.7 Å². The number of rotatable bonds is 2. The fourth-order valence-electron chi connectivity index (χ4n) is 5.02. The number of halogens is 1. The van der Waals surface area contributed by atoms with Crippen LogP contribution in [-0.4, -0.2) is 26.0 Å². The van der Waals surface area contributed by atoms with Gasteiger partial charge in [-0.25, -0.2) is 0 Å². The third-order valence-corrected chi connectivity index (χ3v) is 7.48. The number of imidazole rings is 1. The number of fused-ring (bicyclic) bond motifs is 5. The molecule has 1 aliphatic carbocycles. The van der Waals surface area contributed by atoms with Crippen molar-refractivity contribution in [1.29, 1.82) is 0 Å². The SMILES string of the molecule is Oc1c2n(c(=S)n1C1CC1)C(c1ccc3c(c1)OCO3)c1[nH]c3ccc(Br)cc3c1C2. The maximum atomic E-state index is 11.2. The highest BCUT2D eigenvalue weighted by atomic mass is 79.9. The van der Waals surface area contributed by atoms with Gasteiger partial charge in [-0.3, -0.25) is 4.57 Å². The second kappa shape index (κ2) is 6.17. The Balaban J connectivity index is 1.53. The van der Waals surface area contributed by atoms with Gasteiger partial charge in [0.1, 0.15) is 6.04 Å². The third-order valence-electron chi connectivity index (χ3n) is 6.59. The largest absolute Gasteiger partial charge is 0.493 e. The average molecular weight is 496 g/mol. The molecule has 0 saturated heterocycles. The Kier molecular flexibility index (Phi) is 3.57. The summed E-state index contributed by atoms with van der Waals surface area (Å²) < 4.78 is 16.9. The molecule has 0 spiro atoms.